The van der Waals surface area contributed by atoms with Crippen LogP contribution in [0.25, 0.3) is 5.65 Å². The molecule has 0 aliphatic rings. The molecule has 7 nitrogen and oxygen atoms in total. The van der Waals surface area contributed by atoms with Crippen LogP contribution in [0.4, 0.5) is 0 Å². The third-order valence-corrected chi connectivity index (χ3v) is 3.74. The van der Waals surface area contributed by atoms with Gasteiger partial charge in [0.2, 0.25) is 5.88 Å². The molecule has 0 aromatic carbocycles. The van der Waals surface area contributed by atoms with Crippen molar-refractivity contribution in [2.75, 3.05) is 6.54 Å². The normalized spacial score (nSPS) is 12.5. The molecule has 0 saturated carbocycles. The number of fused-ring (bicyclic) bond motifs is 1. The van der Waals surface area contributed by atoms with Crippen molar-refractivity contribution in [3.05, 3.63) is 23.3 Å². The molecule has 2 heterocycles. The van der Waals surface area contributed by atoms with Gasteiger partial charge in [-0.2, -0.15) is 0 Å². The maximum absolute atomic E-state index is 10.4. The molecule has 0 spiro atoms. The number of aryl methyl sites for hydroxylation is 2. The van der Waals surface area contributed by atoms with Crippen LogP contribution in [0.15, 0.2) is 11.2 Å². The molecule has 0 amide bonds. The minimum absolute atomic E-state index is 0.0971. The van der Waals surface area contributed by atoms with Gasteiger partial charge in [-0.05, 0) is 26.2 Å². The number of hydrogen-bond acceptors (Lipinski definition) is 4. The van der Waals surface area contributed by atoms with Gasteiger partial charge in [0.15, 0.2) is 11.6 Å². The van der Waals surface area contributed by atoms with Crippen molar-refractivity contribution in [3.8, 4) is 5.88 Å². The lowest BCUT2D eigenvalue weighted by Gasteiger charge is -2.05. The Balaban J connectivity index is 2.35. The summed E-state index contributed by atoms with van der Waals surface area (Å²) in [5.74, 6) is 0.509. The molecule has 5 N–H and O–H groups in total. The number of aliphatic imine (C=N–C) groups is 1. The van der Waals surface area contributed by atoms with Gasteiger partial charge < -0.3 is 16.6 Å². The molecule has 0 radical (unpaired) electrons. The van der Waals surface area contributed by atoms with E-state index in [0.717, 1.165) is 29.9 Å². The Labute approximate surface area is 130 Å². The second kappa shape index (κ2) is 6.64. The fraction of sp³-hybridized carbons (Fsp3) is 0.533. The van der Waals surface area contributed by atoms with Crippen LogP contribution in [0, 0.1) is 6.92 Å². The number of rotatable bonds is 6. The first-order valence-corrected chi connectivity index (χ1v) is 7.56. The van der Waals surface area contributed by atoms with Crippen LogP contribution < -0.4 is 11.5 Å². The van der Waals surface area contributed by atoms with Crippen LogP contribution in [0.5, 0.6) is 5.88 Å². The molecular weight excluding hydrogens is 280 g/mol. The van der Waals surface area contributed by atoms with E-state index in [1.807, 2.05) is 13.1 Å². The summed E-state index contributed by atoms with van der Waals surface area (Å²) in [6, 6.07) is 0. The lowest BCUT2D eigenvalue weighted by atomic mass is 10.1. The van der Waals surface area contributed by atoms with Crippen LogP contribution in [0.3, 0.4) is 0 Å². The predicted molar refractivity (Wildman–Crippen MR) is 87.1 cm³/mol. The molecule has 22 heavy (non-hydrogen) atoms. The minimum atomic E-state index is 0.0971. The van der Waals surface area contributed by atoms with Gasteiger partial charge in [0, 0.05) is 18.7 Å². The molecule has 0 bridgehead atoms. The predicted octanol–water partition coefficient (Wildman–Crippen LogP) is 1.46. The van der Waals surface area contributed by atoms with Gasteiger partial charge >= 0.3 is 0 Å². The van der Waals surface area contributed by atoms with Gasteiger partial charge in [-0.25, -0.2) is 4.98 Å². The molecule has 0 unspecified atom stereocenters. The van der Waals surface area contributed by atoms with Crippen molar-refractivity contribution in [2.45, 2.75) is 46.0 Å². The van der Waals surface area contributed by atoms with Gasteiger partial charge in [-0.1, -0.05) is 13.8 Å². The van der Waals surface area contributed by atoms with E-state index in [1.54, 1.807) is 4.40 Å². The highest BCUT2D eigenvalue weighted by atomic mass is 16.3. The largest absolute Gasteiger partial charge is 0.493 e. The summed E-state index contributed by atoms with van der Waals surface area (Å²) in [6.45, 7) is 6.59. The quantitative estimate of drug-likeness (QED) is 0.424. The van der Waals surface area contributed by atoms with E-state index in [-0.39, 0.29) is 17.8 Å². The van der Waals surface area contributed by atoms with Crippen molar-refractivity contribution in [2.24, 2.45) is 16.5 Å². The number of hydrogen-bond donors (Lipinski definition) is 3. The maximum atomic E-state index is 10.4. The highest BCUT2D eigenvalue weighted by molar-refractivity contribution is 5.75. The van der Waals surface area contributed by atoms with Gasteiger partial charge in [0.25, 0.3) is 0 Å². The Hall–Kier alpha value is -2.31. The molecule has 0 fully saturated rings. The first-order chi connectivity index (χ1) is 10.4. The molecule has 2 aromatic heterocycles. The van der Waals surface area contributed by atoms with Crippen LogP contribution in [0.2, 0.25) is 0 Å². The van der Waals surface area contributed by atoms with E-state index < -0.39 is 0 Å². The van der Waals surface area contributed by atoms with E-state index in [4.69, 9.17) is 11.5 Å². The zero-order chi connectivity index (χ0) is 16.3. The number of aromatic hydroxyl groups is 1. The maximum Gasteiger partial charge on any atom is 0.219 e. The van der Waals surface area contributed by atoms with Crippen molar-refractivity contribution < 1.29 is 5.11 Å². The van der Waals surface area contributed by atoms with Crippen molar-refractivity contribution in [1.29, 1.82) is 0 Å². The Bertz CT molecular complexity index is 687. The lowest BCUT2D eigenvalue weighted by Crippen LogP contribution is -2.23. The van der Waals surface area contributed by atoms with Gasteiger partial charge in [0.05, 0.1) is 11.4 Å². The zero-order valence-electron chi connectivity index (χ0n) is 13.4. The van der Waals surface area contributed by atoms with Crippen LogP contribution >= 0.6 is 0 Å². The van der Waals surface area contributed by atoms with E-state index >= 15 is 0 Å². The summed E-state index contributed by atoms with van der Waals surface area (Å²) < 4.78 is 1.72. The monoisotopic (exact) mass is 304 g/mol. The first-order valence-electron chi connectivity index (χ1n) is 7.56. The zero-order valence-corrected chi connectivity index (χ0v) is 13.4. The first kappa shape index (κ1) is 16.1. The van der Waals surface area contributed by atoms with Gasteiger partial charge in [-0.3, -0.25) is 14.4 Å². The summed E-state index contributed by atoms with van der Waals surface area (Å²) in [5.41, 5.74) is 13.8. The average Bonchev–Trinajstić information content (AvgIpc) is 2.80. The fourth-order valence-corrected chi connectivity index (χ4v) is 2.39. The summed E-state index contributed by atoms with van der Waals surface area (Å²) in [5, 5.41) is 10.4. The average molecular weight is 304 g/mol. The molecular formula is C15H24N6O. The number of nitrogens with two attached hydrogens (primary N) is 2. The fourth-order valence-electron chi connectivity index (χ4n) is 2.39. The lowest BCUT2D eigenvalue weighted by molar-refractivity contribution is 0.434. The van der Waals surface area contributed by atoms with E-state index in [1.165, 1.54) is 0 Å². The molecule has 7 heteroatoms. The van der Waals surface area contributed by atoms with E-state index in [0.29, 0.717) is 18.6 Å². The summed E-state index contributed by atoms with van der Waals surface area (Å²) in [7, 11) is 0. The van der Waals surface area contributed by atoms with Crippen molar-refractivity contribution in [3.63, 3.8) is 0 Å². The minimum Gasteiger partial charge on any atom is -0.493 e. The molecule has 2 aromatic rings. The second-order valence-corrected chi connectivity index (χ2v) is 5.56. The molecule has 2 rings (SSSR count). The van der Waals surface area contributed by atoms with Crippen LogP contribution in [-0.2, 0) is 6.42 Å². The van der Waals surface area contributed by atoms with E-state index in [2.05, 4.69) is 28.8 Å². The molecule has 0 aliphatic carbocycles. The Morgan fingerprint density at radius 1 is 1.41 bits per heavy atom. The highest BCUT2D eigenvalue weighted by Gasteiger charge is 2.19. The number of guanidine groups is 1. The van der Waals surface area contributed by atoms with Crippen molar-refractivity contribution >= 4 is 11.6 Å². The standard InChI is InChI=1S/C15H24N6O/c1-4-9(2)12-14(22)21-8-10(3)19-11(13(21)20-12)6-5-7-18-15(16)17/h8-9,22H,4-7H2,1-3H3,(H4,16,17,18)/t9-/m0/s1. The third-order valence-electron chi connectivity index (χ3n) is 3.74. The van der Waals surface area contributed by atoms with Crippen LogP contribution in [0.1, 0.15) is 49.7 Å². The smallest absolute Gasteiger partial charge is 0.219 e. The number of nitrogens with zero attached hydrogens (tertiary/aromatic N) is 4. The highest BCUT2D eigenvalue weighted by Crippen LogP contribution is 2.29. The summed E-state index contributed by atoms with van der Waals surface area (Å²) in [6.07, 6.45) is 4.21. The Morgan fingerprint density at radius 3 is 2.77 bits per heavy atom. The Morgan fingerprint density at radius 2 is 2.14 bits per heavy atom. The molecule has 0 saturated heterocycles. The molecule has 0 aliphatic heterocycles. The number of imidazole rings is 1. The van der Waals surface area contributed by atoms with Gasteiger partial charge in [0.1, 0.15) is 5.69 Å². The third kappa shape index (κ3) is 3.29. The van der Waals surface area contributed by atoms with Crippen LogP contribution in [-0.4, -0.2) is 32.0 Å². The second-order valence-electron chi connectivity index (χ2n) is 5.56. The topological polar surface area (TPSA) is 115 Å². The summed E-state index contributed by atoms with van der Waals surface area (Å²) in [4.78, 5) is 13.1. The molecule has 1 atom stereocenters. The van der Waals surface area contributed by atoms with Crippen molar-refractivity contribution in [1.82, 2.24) is 14.4 Å². The summed E-state index contributed by atoms with van der Waals surface area (Å²) >= 11 is 0. The van der Waals surface area contributed by atoms with Gasteiger partial charge in [-0.15, -0.1) is 0 Å². The Kier molecular flexibility index (Phi) is 4.85. The SMILES string of the molecule is CC[C@H](C)c1nc2c(CCCN=C(N)N)nc(C)cn2c1O. The number of aromatic nitrogens is 3. The molecule has 120 valence electrons. The van der Waals surface area contributed by atoms with E-state index in [9.17, 15) is 5.11 Å².